The van der Waals surface area contributed by atoms with Crippen molar-refractivity contribution in [3.05, 3.63) is 46.5 Å². The second-order valence-electron chi connectivity index (χ2n) is 6.44. The van der Waals surface area contributed by atoms with Gasteiger partial charge in [0.05, 0.1) is 13.2 Å². The molecule has 20 heavy (non-hydrogen) atoms. The number of allylic oxidation sites excluding steroid dienone is 2. The van der Waals surface area contributed by atoms with E-state index in [2.05, 4.69) is 31.2 Å². The highest BCUT2D eigenvalue weighted by Gasteiger charge is 2.46. The fourth-order valence-electron chi connectivity index (χ4n) is 4.20. The van der Waals surface area contributed by atoms with Gasteiger partial charge < -0.3 is 9.84 Å². The van der Waals surface area contributed by atoms with E-state index in [-0.39, 0.29) is 11.5 Å². The Morgan fingerprint density at radius 3 is 2.95 bits per heavy atom. The molecule has 3 aliphatic carbocycles. The molecule has 2 nitrogen and oxygen atoms in total. The van der Waals surface area contributed by atoms with Crippen LogP contribution in [0.3, 0.4) is 0 Å². The summed E-state index contributed by atoms with van der Waals surface area (Å²) in [6, 6.07) is 6.42. The second-order valence-corrected chi connectivity index (χ2v) is 6.44. The van der Waals surface area contributed by atoms with Crippen LogP contribution in [0.4, 0.5) is 0 Å². The van der Waals surface area contributed by atoms with E-state index >= 15 is 0 Å². The highest BCUT2D eigenvalue weighted by molar-refractivity contribution is 5.82. The van der Waals surface area contributed by atoms with Gasteiger partial charge in [-0.2, -0.15) is 0 Å². The van der Waals surface area contributed by atoms with Crippen LogP contribution in [0, 0.1) is 5.41 Å². The van der Waals surface area contributed by atoms with E-state index in [1.807, 2.05) is 0 Å². The minimum atomic E-state index is -0.204. The first-order valence-corrected chi connectivity index (χ1v) is 7.42. The maximum Gasteiger partial charge on any atom is 0.119 e. The van der Waals surface area contributed by atoms with Crippen molar-refractivity contribution in [3.8, 4) is 5.75 Å². The van der Waals surface area contributed by atoms with E-state index in [1.54, 1.807) is 7.11 Å². The Bertz CT molecular complexity index is 653. The molecule has 0 aliphatic heterocycles. The Labute approximate surface area is 119 Å². The molecule has 1 aromatic rings. The van der Waals surface area contributed by atoms with Gasteiger partial charge in [-0.05, 0) is 65.7 Å². The standard InChI is InChI=1S/C18H20O2/c1-18-8-7-14-13-4-3-12(20-2)9-11(13)10-15(14)16(18)5-6-17(18)19/h3-5,9,17,19H,6-8,10H2,1-2H3/t17-,18-/m0/s1. The van der Waals surface area contributed by atoms with Crippen LogP contribution >= 0.6 is 0 Å². The van der Waals surface area contributed by atoms with Crippen molar-refractivity contribution in [2.24, 2.45) is 5.41 Å². The first kappa shape index (κ1) is 12.2. The van der Waals surface area contributed by atoms with Crippen LogP contribution < -0.4 is 4.74 Å². The van der Waals surface area contributed by atoms with Crippen LogP contribution in [-0.2, 0) is 6.42 Å². The molecular formula is C18H20O2. The van der Waals surface area contributed by atoms with Crippen molar-refractivity contribution in [3.63, 3.8) is 0 Å². The van der Waals surface area contributed by atoms with Gasteiger partial charge in [0.2, 0.25) is 0 Å². The van der Waals surface area contributed by atoms with Crippen LogP contribution in [0.2, 0.25) is 0 Å². The molecule has 4 rings (SSSR count). The minimum Gasteiger partial charge on any atom is -0.497 e. The molecule has 0 aromatic heterocycles. The highest BCUT2D eigenvalue weighted by Crippen LogP contribution is 2.56. The van der Waals surface area contributed by atoms with Crippen LogP contribution in [0.5, 0.6) is 5.75 Å². The van der Waals surface area contributed by atoms with E-state index < -0.39 is 0 Å². The molecule has 2 heteroatoms. The predicted octanol–water partition coefficient (Wildman–Crippen LogP) is 3.50. The number of hydrogen-bond donors (Lipinski definition) is 1. The highest BCUT2D eigenvalue weighted by atomic mass is 16.5. The molecule has 0 radical (unpaired) electrons. The second kappa shape index (κ2) is 3.98. The topological polar surface area (TPSA) is 29.5 Å². The van der Waals surface area contributed by atoms with Crippen LogP contribution in [0.25, 0.3) is 5.57 Å². The third-order valence-electron chi connectivity index (χ3n) is 5.48. The molecule has 0 bridgehead atoms. The van der Waals surface area contributed by atoms with Gasteiger partial charge in [-0.1, -0.05) is 19.1 Å². The molecule has 0 fully saturated rings. The Hall–Kier alpha value is -1.54. The first-order chi connectivity index (χ1) is 9.63. The Morgan fingerprint density at radius 2 is 2.15 bits per heavy atom. The summed E-state index contributed by atoms with van der Waals surface area (Å²) in [5.41, 5.74) is 7.12. The summed E-state index contributed by atoms with van der Waals surface area (Å²) >= 11 is 0. The Morgan fingerprint density at radius 1 is 1.30 bits per heavy atom. The summed E-state index contributed by atoms with van der Waals surface area (Å²) in [4.78, 5) is 0. The molecule has 0 heterocycles. The number of aliphatic hydroxyl groups excluding tert-OH is 1. The van der Waals surface area contributed by atoms with E-state index in [0.717, 1.165) is 31.4 Å². The van der Waals surface area contributed by atoms with Crippen molar-refractivity contribution >= 4 is 5.57 Å². The van der Waals surface area contributed by atoms with E-state index in [4.69, 9.17) is 4.74 Å². The normalized spacial score (nSPS) is 30.8. The fraction of sp³-hybridized carbons (Fsp3) is 0.444. The lowest BCUT2D eigenvalue weighted by molar-refractivity contribution is 0.0732. The van der Waals surface area contributed by atoms with Gasteiger partial charge in [0.15, 0.2) is 0 Å². The molecular weight excluding hydrogens is 248 g/mol. The SMILES string of the molecule is COc1ccc2c(c1)CC1=C2CC[C@@]2(C)C1=CC[C@@H]2O. The summed E-state index contributed by atoms with van der Waals surface area (Å²) in [7, 11) is 1.72. The monoisotopic (exact) mass is 268 g/mol. The summed E-state index contributed by atoms with van der Waals surface area (Å²) in [6.45, 7) is 2.23. The lowest BCUT2D eigenvalue weighted by Crippen LogP contribution is -2.32. The number of fused-ring (bicyclic) bond motifs is 4. The van der Waals surface area contributed by atoms with Crippen LogP contribution in [0.15, 0.2) is 35.4 Å². The molecule has 2 atom stereocenters. The van der Waals surface area contributed by atoms with Crippen molar-refractivity contribution in [2.45, 2.75) is 38.7 Å². The molecule has 0 amide bonds. The maximum absolute atomic E-state index is 10.3. The zero-order chi connectivity index (χ0) is 13.9. The largest absolute Gasteiger partial charge is 0.497 e. The van der Waals surface area contributed by atoms with Gasteiger partial charge in [-0.3, -0.25) is 0 Å². The van der Waals surface area contributed by atoms with Gasteiger partial charge in [0.25, 0.3) is 0 Å². The zero-order valence-electron chi connectivity index (χ0n) is 12.1. The van der Waals surface area contributed by atoms with E-state index in [9.17, 15) is 5.11 Å². The number of benzene rings is 1. The molecule has 0 unspecified atom stereocenters. The van der Waals surface area contributed by atoms with Crippen molar-refractivity contribution in [2.75, 3.05) is 7.11 Å². The number of methoxy groups -OCH3 is 1. The summed E-state index contributed by atoms with van der Waals surface area (Å²) in [5, 5.41) is 10.3. The van der Waals surface area contributed by atoms with E-state index in [0.29, 0.717) is 0 Å². The van der Waals surface area contributed by atoms with Gasteiger partial charge in [-0.25, -0.2) is 0 Å². The lowest BCUT2D eigenvalue weighted by atomic mass is 9.69. The maximum atomic E-state index is 10.3. The quantitative estimate of drug-likeness (QED) is 0.844. The summed E-state index contributed by atoms with van der Waals surface area (Å²) in [6.07, 6.45) is 6.01. The van der Waals surface area contributed by atoms with Gasteiger partial charge >= 0.3 is 0 Å². The van der Waals surface area contributed by atoms with Crippen LogP contribution in [0.1, 0.15) is 37.3 Å². The third-order valence-corrected chi connectivity index (χ3v) is 5.48. The summed E-state index contributed by atoms with van der Waals surface area (Å²) in [5.74, 6) is 0.937. The predicted molar refractivity (Wildman–Crippen MR) is 79.7 cm³/mol. The number of ether oxygens (including phenoxy) is 1. The Balaban J connectivity index is 1.80. The average molecular weight is 268 g/mol. The molecule has 0 saturated heterocycles. The van der Waals surface area contributed by atoms with Gasteiger partial charge in [-0.15, -0.1) is 0 Å². The first-order valence-electron chi connectivity index (χ1n) is 7.42. The Kier molecular flexibility index (Phi) is 2.43. The third kappa shape index (κ3) is 1.43. The molecule has 0 saturated carbocycles. The smallest absolute Gasteiger partial charge is 0.119 e. The lowest BCUT2D eigenvalue weighted by Gasteiger charge is -2.37. The summed E-state index contributed by atoms with van der Waals surface area (Å²) < 4.78 is 5.34. The van der Waals surface area contributed by atoms with Crippen molar-refractivity contribution in [1.82, 2.24) is 0 Å². The average Bonchev–Trinajstić information content (AvgIpc) is 2.96. The van der Waals surface area contributed by atoms with Gasteiger partial charge in [0.1, 0.15) is 5.75 Å². The molecule has 3 aliphatic rings. The molecule has 0 spiro atoms. The molecule has 1 aromatic carbocycles. The zero-order valence-corrected chi connectivity index (χ0v) is 12.1. The number of hydrogen-bond acceptors (Lipinski definition) is 2. The van der Waals surface area contributed by atoms with Crippen LogP contribution in [-0.4, -0.2) is 18.3 Å². The van der Waals surface area contributed by atoms with E-state index in [1.165, 1.54) is 27.8 Å². The van der Waals surface area contributed by atoms with Crippen molar-refractivity contribution < 1.29 is 9.84 Å². The fourth-order valence-corrected chi connectivity index (χ4v) is 4.20. The molecule has 104 valence electrons. The molecule has 1 N–H and O–H groups in total. The van der Waals surface area contributed by atoms with Gasteiger partial charge in [0, 0.05) is 5.41 Å². The van der Waals surface area contributed by atoms with Crippen molar-refractivity contribution in [1.29, 1.82) is 0 Å². The number of rotatable bonds is 1. The number of aliphatic hydroxyl groups is 1. The minimum absolute atomic E-state index is 0.0229.